The number of carbonyl (C=O) groups excluding carboxylic acids is 1. The van der Waals surface area contributed by atoms with E-state index in [2.05, 4.69) is 22.2 Å². The van der Waals surface area contributed by atoms with Crippen molar-refractivity contribution in [2.75, 3.05) is 19.6 Å². The number of amidine groups is 1. The van der Waals surface area contributed by atoms with Crippen molar-refractivity contribution < 1.29 is 4.79 Å². The highest BCUT2D eigenvalue weighted by Gasteiger charge is 2.50. The quantitative estimate of drug-likeness (QED) is 0.555. The summed E-state index contributed by atoms with van der Waals surface area (Å²) in [5.41, 5.74) is -0.194. The first-order chi connectivity index (χ1) is 11.3. The molecule has 2 fully saturated rings. The minimum Gasteiger partial charge on any atom is -0.369 e. The smallest absolute Gasteiger partial charge is 0.346 e. The zero-order valence-electron chi connectivity index (χ0n) is 15.0. The molecule has 1 spiro atoms. The number of aliphatic imine (C=N–C) groups is 1. The average Bonchev–Trinajstić information content (AvgIpc) is 2.82. The Morgan fingerprint density at radius 2 is 1.92 bits per heavy atom. The second-order valence-corrected chi connectivity index (χ2v) is 7.09. The fourth-order valence-electron chi connectivity index (χ4n) is 4.23. The molecule has 1 aliphatic carbocycles. The number of urea groups is 1. The van der Waals surface area contributed by atoms with Gasteiger partial charge in [0, 0.05) is 12.6 Å². The number of hydrogen-bond acceptors (Lipinski definition) is 3. The first-order valence-corrected chi connectivity index (χ1v) is 9.25. The van der Waals surface area contributed by atoms with Crippen LogP contribution in [0.5, 0.6) is 0 Å². The van der Waals surface area contributed by atoms with Gasteiger partial charge in [-0.2, -0.15) is 4.99 Å². The van der Waals surface area contributed by atoms with Crippen LogP contribution in [0.2, 0.25) is 0 Å². The van der Waals surface area contributed by atoms with E-state index in [-0.39, 0.29) is 36.4 Å². The number of nitrogens with zero attached hydrogens (tertiary/aromatic N) is 2. The van der Waals surface area contributed by atoms with Gasteiger partial charge in [-0.1, -0.05) is 25.3 Å². The predicted octanol–water partition coefficient (Wildman–Crippen LogP) is 3.67. The highest BCUT2D eigenvalue weighted by molar-refractivity contribution is 6.06. The molecule has 5 nitrogen and oxygen atoms in total. The van der Waals surface area contributed by atoms with E-state index in [1.165, 1.54) is 32.1 Å². The van der Waals surface area contributed by atoms with Crippen LogP contribution in [0.4, 0.5) is 4.79 Å². The number of unbranched alkanes of at least 4 members (excludes halogenated alkanes) is 1. The van der Waals surface area contributed by atoms with Gasteiger partial charge in [0.05, 0.1) is 0 Å². The molecular weight excluding hydrogens is 359 g/mol. The van der Waals surface area contributed by atoms with Gasteiger partial charge >= 0.3 is 6.03 Å². The molecule has 0 radical (unpaired) electrons. The van der Waals surface area contributed by atoms with E-state index in [1.807, 2.05) is 11.0 Å². The monoisotopic (exact) mass is 390 g/mol. The second kappa shape index (κ2) is 10.4. The highest BCUT2D eigenvalue weighted by Crippen LogP contribution is 2.34. The van der Waals surface area contributed by atoms with Gasteiger partial charge in [0.2, 0.25) is 0 Å². The van der Waals surface area contributed by atoms with Crippen LogP contribution >= 0.6 is 24.8 Å². The molecule has 2 heterocycles. The van der Waals surface area contributed by atoms with Crippen molar-refractivity contribution in [2.24, 2.45) is 4.99 Å². The molecule has 3 rings (SSSR count). The van der Waals surface area contributed by atoms with Crippen LogP contribution in [0.1, 0.15) is 57.8 Å². The van der Waals surface area contributed by atoms with E-state index in [1.54, 1.807) is 0 Å². The van der Waals surface area contributed by atoms with E-state index < -0.39 is 0 Å². The van der Waals surface area contributed by atoms with E-state index in [0.29, 0.717) is 6.04 Å². The molecule has 0 unspecified atom stereocenters. The fourth-order valence-corrected chi connectivity index (χ4v) is 4.23. The molecule has 7 heteroatoms. The Balaban J connectivity index is 0.00000156. The minimum atomic E-state index is -0.194. The van der Waals surface area contributed by atoms with Crippen LogP contribution in [-0.2, 0) is 0 Å². The molecule has 2 N–H and O–H groups in total. The summed E-state index contributed by atoms with van der Waals surface area (Å²) in [4.78, 5) is 19.0. The fraction of sp³-hybridized carbons (Fsp3) is 0.778. The molecule has 1 saturated carbocycles. The number of carbonyl (C=O) groups is 1. The zero-order chi connectivity index (χ0) is 16.1. The second-order valence-electron chi connectivity index (χ2n) is 7.09. The van der Waals surface area contributed by atoms with Crippen molar-refractivity contribution in [1.29, 1.82) is 0 Å². The summed E-state index contributed by atoms with van der Waals surface area (Å²) in [6.07, 6.45) is 12.1. The van der Waals surface area contributed by atoms with Crippen molar-refractivity contribution >= 4 is 36.7 Å². The Morgan fingerprint density at radius 1 is 1.24 bits per heavy atom. The largest absolute Gasteiger partial charge is 0.369 e. The standard InChI is InChI=1S/C18H30N4O.2ClH/c1-2-3-7-14-22-17(23)21-16(18(22)10-12-19-13-11-18)20-15-8-5-4-6-9-15;;/h2,15,19H,1,3-14H2,(H,20,21,23);2*1H. The number of piperidine rings is 1. The summed E-state index contributed by atoms with van der Waals surface area (Å²) in [5.74, 6) is 0.953. The van der Waals surface area contributed by atoms with Crippen LogP contribution in [0, 0.1) is 0 Å². The average molecular weight is 391 g/mol. The van der Waals surface area contributed by atoms with Crippen molar-refractivity contribution in [3.63, 3.8) is 0 Å². The SMILES string of the molecule is C=CCCCN1C(=O)N=C(NC2CCCCC2)C12CCNCC2.Cl.Cl. The summed E-state index contributed by atoms with van der Waals surface area (Å²) in [5, 5.41) is 7.09. The first kappa shape index (κ1) is 22.3. The topological polar surface area (TPSA) is 56.7 Å². The third-order valence-electron chi connectivity index (χ3n) is 5.56. The van der Waals surface area contributed by atoms with Gasteiger partial charge in [-0.15, -0.1) is 31.4 Å². The third-order valence-corrected chi connectivity index (χ3v) is 5.56. The zero-order valence-corrected chi connectivity index (χ0v) is 16.6. The number of hydrogen-bond donors (Lipinski definition) is 2. The van der Waals surface area contributed by atoms with Crippen molar-refractivity contribution in [3.05, 3.63) is 12.7 Å². The van der Waals surface area contributed by atoms with Crippen LogP contribution in [-0.4, -0.2) is 48.0 Å². The highest BCUT2D eigenvalue weighted by atomic mass is 35.5. The Kier molecular flexibility index (Phi) is 9.25. The molecule has 0 aromatic carbocycles. The lowest BCUT2D eigenvalue weighted by atomic mass is 9.84. The summed E-state index contributed by atoms with van der Waals surface area (Å²) in [6, 6.07) is 0.449. The lowest BCUT2D eigenvalue weighted by molar-refractivity contribution is 0.145. The number of nitrogens with one attached hydrogen (secondary N) is 2. The van der Waals surface area contributed by atoms with Crippen LogP contribution in [0.25, 0.3) is 0 Å². The summed E-state index contributed by atoms with van der Waals surface area (Å²) in [7, 11) is 0. The minimum absolute atomic E-state index is 0. The third kappa shape index (κ3) is 4.89. The van der Waals surface area contributed by atoms with Crippen LogP contribution in [0.15, 0.2) is 17.6 Å². The summed E-state index contributed by atoms with van der Waals surface area (Å²) < 4.78 is 0. The van der Waals surface area contributed by atoms with Gasteiger partial charge in [-0.3, -0.25) is 0 Å². The maximum Gasteiger partial charge on any atom is 0.346 e. The molecule has 2 amide bonds. The maximum atomic E-state index is 12.5. The Labute approximate surface area is 163 Å². The summed E-state index contributed by atoms with van der Waals surface area (Å²) >= 11 is 0. The molecule has 144 valence electrons. The Hall–Kier alpha value is -0.780. The van der Waals surface area contributed by atoms with Crippen LogP contribution < -0.4 is 10.6 Å². The molecule has 0 bridgehead atoms. The molecule has 25 heavy (non-hydrogen) atoms. The summed E-state index contributed by atoms with van der Waals surface area (Å²) in [6.45, 7) is 6.48. The van der Waals surface area contributed by atoms with Gasteiger partial charge in [0.15, 0.2) is 0 Å². The Bertz CT molecular complexity index is 472. The van der Waals surface area contributed by atoms with E-state index in [9.17, 15) is 4.79 Å². The van der Waals surface area contributed by atoms with Gasteiger partial charge in [0.1, 0.15) is 11.4 Å². The molecule has 3 aliphatic rings. The number of amides is 2. The Morgan fingerprint density at radius 3 is 2.56 bits per heavy atom. The molecule has 1 saturated heterocycles. The normalized spacial score (nSPS) is 22.8. The lowest BCUT2D eigenvalue weighted by Gasteiger charge is -2.43. The van der Waals surface area contributed by atoms with E-state index in [4.69, 9.17) is 0 Å². The molecular formula is C18H32Cl2N4O. The predicted molar refractivity (Wildman–Crippen MR) is 108 cm³/mol. The molecule has 0 aromatic heterocycles. The van der Waals surface area contributed by atoms with Gasteiger partial charge in [0.25, 0.3) is 0 Å². The van der Waals surface area contributed by atoms with E-state index >= 15 is 0 Å². The molecule has 2 aliphatic heterocycles. The van der Waals surface area contributed by atoms with Gasteiger partial charge in [-0.05, 0) is 51.6 Å². The van der Waals surface area contributed by atoms with Crippen molar-refractivity contribution in [1.82, 2.24) is 15.5 Å². The number of allylic oxidation sites excluding steroid dienone is 1. The van der Waals surface area contributed by atoms with Crippen LogP contribution in [0.3, 0.4) is 0 Å². The molecule has 0 aromatic rings. The van der Waals surface area contributed by atoms with Gasteiger partial charge < -0.3 is 15.5 Å². The number of halogens is 2. The van der Waals surface area contributed by atoms with Gasteiger partial charge in [-0.25, -0.2) is 4.79 Å². The lowest BCUT2D eigenvalue weighted by Crippen LogP contribution is -2.61. The van der Waals surface area contributed by atoms with Crippen molar-refractivity contribution in [2.45, 2.75) is 69.4 Å². The number of rotatable bonds is 5. The molecule has 0 atom stereocenters. The first-order valence-electron chi connectivity index (χ1n) is 9.25. The maximum absolute atomic E-state index is 12.5. The van der Waals surface area contributed by atoms with E-state index in [0.717, 1.165) is 51.2 Å². The van der Waals surface area contributed by atoms with Crippen molar-refractivity contribution in [3.8, 4) is 0 Å².